The Bertz CT molecular complexity index is 254. The highest BCUT2D eigenvalue weighted by Gasteiger charge is 2.38. The van der Waals surface area contributed by atoms with Gasteiger partial charge in [0.25, 0.3) is 0 Å². The second-order valence-corrected chi connectivity index (χ2v) is 5.37. The quantitative estimate of drug-likeness (QED) is 0.698. The van der Waals surface area contributed by atoms with Crippen LogP contribution in [0.1, 0.15) is 52.4 Å². The minimum atomic E-state index is -0.441. The van der Waals surface area contributed by atoms with E-state index in [0.717, 1.165) is 32.1 Å². The van der Waals surface area contributed by atoms with Crippen molar-refractivity contribution in [3.63, 3.8) is 0 Å². The lowest BCUT2D eigenvalue weighted by atomic mass is 9.77. The first-order chi connectivity index (χ1) is 8.56. The summed E-state index contributed by atoms with van der Waals surface area (Å²) in [6, 6.07) is 0. The van der Waals surface area contributed by atoms with E-state index in [1.165, 1.54) is 0 Å². The maximum absolute atomic E-state index is 11.8. The molecule has 4 heteroatoms. The molecule has 1 rings (SSSR count). The smallest absolute Gasteiger partial charge is 0.222 e. The van der Waals surface area contributed by atoms with Gasteiger partial charge in [-0.25, -0.2) is 0 Å². The fourth-order valence-electron chi connectivity index (χ4n) is 2.60. The van der Waals surface area contributed by atoms with Gasteiger partial charge < -0.3 is 15.2 Å². The maximum atomic E-state index is 11.8. The summed E-state index contributed by atoms with van der Waals surface area (Å²) in [5.41, 5.74) is -0.232. The van der Waals surface area contributed by atoms with Gasteiger partial charge in [0.15, 0.2) is 0 Å². The van der Waals surface area contributed by atoms with Crippen molar-refractivity contribution in [2.45, 2.75) is 64.1 Å². The van der Waals surface area contributed by atoms with E-state index in [4.69, 9.17) is 4.74 Å². The molecule has 0 aromatic heterocycles. The van der Waals surface area contributed by atoms with Crippen LogP contribution in [0.2, 0.25) is 0 Å². The molecule has 106 valence electrons. The third kappa shape index (κ3) is 3.95. The molecule has 18 heavy (non-hydrogen) atoms. The molecule has 0 aliphatic heterocycles. The van der Waals surface area contributed by atoms with Crippen molar-refractivity contribution in [2.24, 2.45) is 5.92 Å². The normalized spacial score (nSPS) is 19.4. The molecule has 0 saturated heterocycles. The average molecular weight is 257 g/mol. The summed E-state index contributed by atoms with van der Waals surface area (Å²) in [6.45, 7) is 4.48. The van der Waals surface area contributed by atoms with E-state index < -0.39 is 6.10 Å². The van der Waals surface area contributed by atoms with Crippen LogP contribution in [-0.4, -0.2) is 36.4 Å². The molecule has 1 amide bonds. The molecule has 0 aromatic carbocycles. The van der Waals surface area contributed by atoms with Gasteiger partial charge in [0.1, 0.15) is 0 Å². The molecular weight excluding hydrogens is 230 g/mol. The molecule has 0 heterocycles. The monoisotopic (exact) mass is 257 g/mol. The van der Waals surface area contributed by atoms with Crippen LogP contribution in [0.5, 0.6) is 0 Å². The second kappa shape index (κ2) is 7.10. The number of hydrogen-bond acceptors (Lipinski definition) is 3. The highest BCUT2D eigenvalue weighted by Crippen LogP contribution is 2.37. The number of aliphatic hydroxyl groups excluding tert-OH is 1. The highest BCUT2D eigenvalue weighted by molar-refractivity contribution is 5.77. The van der Waals surface area contributed by atoms with Crippen LogP contribution in [0.3, 0.4) is 0 Å². The number of rotatable bonds is 8. The Morgan fingerprint density at radius 2 is 2.00 bits per heavy atom. The fraction of sp³-hybridized carbons (Fsp3) is 0.929. The second-order valence-electron chi connectivity index (χ2n) is 5.37. The molecule has 0 spiro atoms. The van der Waals surface area contributed by atoms with Crippen LogP contribution in [0.15, 0.2) is 0 Å². The Hall–Kier alpha value is -0.610. The van der Waals surface area contributed by atoms with Gasteiger partial charge in [-0.05, 0) is 25.2 Å². The van der Waals surface area contributed by atoms with E-state index in [2.05, 4.69) is 19.2 Å². The number of ether oxygens (including phenoxy) is 1. The van der Waals surface area contributed by atoms with Crippen molar-refractivity contribution in [1.82, 2.24) is 5.32 Å². The Morgan fingerprint density at radius 1 is 1.39 bits per heavy atom. The van der Waals surface area contributed by atoms with Gasteiger partial charge in [-0.2, -0.15) is 0 Å². The van der Waals surface area contributed by atoms with Gasteiger partial charge in [-0.15, -0.1) is 0 Å². The number of aliphatic hydroxyl groups is 1. The molecule has 1 aliphatic rings. The van der Waals surface area contributed by atoms with E-state index >= 15 is 0 Å². The van der Waals surface area contributed by atoms with Crippen molar-refractivity contribution in [3.8, 4) is 0 Å². The van der Waals surface area contributed by atoms with Gasteiger partial charge in [-0.1, -0.05) is 26.7 Å². The molecule has 4 nitrogen and oxygen atoms in total. The van der Waals surface area contributed by atoms with Crippen LogP contribution >= 0.6 is 0 Å². The SMILES string of the molecule is CCC(CC)C(O)CNC(=O)CC1(OC)CCC1. The Kier molecular flexibility index (Phi) is 6.09. The van der Waals surface area contributed by atoms with Crippen LogP contribution in [0.4, 0.5) is 0 Å². The molecule has 1 saturated carbocycles. The molecule has 0 radical (unpaired) electrons. The van der Waals surface area contributed by atoms with Crippen LogP contribution in [0.25, 0.3) is 0 Å². The molecule has 1 atom stereocenters. The number of methoxy groups -OCH3 is 1. The zero-order valence-electron chi connectivity index (χ0n) is 11.9. The molecule has 1 fully saturated rings. The lowest BCUT2D eigenvalue weighted by Gasteiger charge is -2.40. The van der Waals surface area contributed by atoms with E-state index in [9.17, 15) is 9.90 Å². The van der Waals surface area contributed by atoms with E-state index in [1.807, 2.05) is 0 Å². The maximum Gasteiger partial charge on any atom is 0.222 e. The summed E-state index contributed by atoms with van der Waals surface area (Å²) in [6.07, 6.45) is 4.92. The first-order valence-corrected chi connectivity index (χ1v) is 7.06. The zero-order chi connectivity index (χ0) is 13.6. The number of carbonyl (C=O) groups excluding carboxylic acids is 1. The highest BCUT2D eigenvalue weighted by atomic mass is 16.5. The third-order valence-electron chi connectivity index (χ3n) is 4.28. The summed E-state index contributed by atoms with van der Waals surface area (Å²) in [5, 5.41) is 12.8. The number of hydrogen-bond donors (Lipinski definition) is 2. The zero-order valence-corrected chi connectivity index (χ0v) is 11.9. The largest absolute Gasteiger partial charge is 0.391 e. The Morgan fingerprint density at radius 3 is 2.39 bits per heavy atom. The van der Waals surface area contributed by atoms with Crippen molar-refractivity contribution in [3.05, 3.63) is 0 Å². The average Bonchev–Trinajstić information content (AvgIpc) is 2.33. The van der Waals surface area contributed by atoms with Gasteiger partial charge in [0.05, 0.1) is 18.1 Å². The summed E-state index contributed by atoms with van der Waals surface area (Å²) in [7, 11) is 1.67. The van der Waals surface area contributed by atoms with Crippen molar-refractivity contribution in [2.75, 3.05) is 13.7 Å². The summed E-state index contributed by atoms with van der Waals surface area (Å²) >= 11 is 0. The third-order valence-corrected chi connectivity index (χ3v) is 4.28. The number of amides is 1. The predicted octanol–water partition coefficient (Wildman–Crippen LogP) is 1.86. The standard InChI is InChI=1S/C14H27NO3/c1-4-11(5-2)12(16)10-15-13(17)9-14(18-3)7-6-8-14/h11-12,16H,4-10H2,1-3H3,(H,15,17). The molecule has 0 aromatic rings. The summed E-state index contributed by atoms with van der Waals surface area (Å²) < 4.78 is 5.42. The minimum absolute atomic E-state index is 0.0124. The van der Waals surface area contributed by atoms with Crippen LogP contribution in [0, 0.1) is 5.92 Å². The van der Waals surface area contributed by atoms with Gasteiger partial charge >= 0.3 is 0 Å². The molecular formula is C14H27NO3. The van der Waals surface area contributed by atoms with Gasteiger partial charge in [-0.3, -0.25) is 4.79 Å². The Labute approximate surface area is 110 Å². The number of carbonyl (C=O) groups is 1. The predicted molar refractivity (Wildman–Crippen MR) is 71.3 cm³/mol. The van der Waals surface area contributed by atoms with Crippen molar-refractivity contribution < 1.29 is 14.6 Å². The van der Waals surface area contributed by atoms with E-state index in [1.54, 1.807) is 7.11 Å². The molecule has 2 N–H and O–H groups in total. The first-order valence-electron chi connectivity index (χ1n) is 7.06. The fourth-order valence-corrected chi connectivity index (χ4v) is 2.60. The summed E-state index contributed by atoms with van der Waals surface area (Å²) in [5.74, 6) is 0.256. The summed E-state index contributed by atoms with van der Waals surface area (Å²) in [4.78, 5) is 11.8. The molecule has 1 unspecified atom stereocenters. The van der Waals surface area contributed by atoms with Crippen LogP contribution in [-0.2, 0) is 9.53 Å². The topological polar surface area (TPSA) is 58.6 Å². The van der Waals surface area contributed by atoms with Gasteiger partial charge in [0, 0.05) is 13.7 Å². The van der Waals surface area contributed by atoms with Crippen molar-refractivity contribution in [1.29, 1.82) is 0 Å². The van der Waals surface area contributed by atoms with Crippen LogP contribution < -0.4 is 5.32 Å². The Balaban J connectivity index is 2.28. The first kappa shape index (κ1) is 15.4. The minimum Gasteiger partial charge on any atom is -0.391 e. The molecule has 0 bridgehead atoms. The van der Waals surface area contributed by atoms with Crippen molar-refractivity contribution >= 4 is 5.91 Å². The lowest BCUT2D eigenvalue weighted by Crippen LogP contribution is -2.45. The molecule has 1 aliphatic carbocycles. The van der Waals surface area contributed by atoms with Gasteiger partial charge in [0.2, 0.25) is 5.91 Å². The lowest BCUT2D eigenvalue weighted by molar-refractivity contribution is -0.134. The number of nitrogens with one attached hydrogen (secondary N) is 1. The van der Waals surface area contributed by atoms with E-state index in [-0.39, 0.29) is 17.4 Å². The van der Waals surface area contributed by atoms with E-state index in [0.29, 0.717) is 13.0 Å².